The van der Waals surface area contributed by atoms with E-state index in [4.69, 9.17) is 9.84 Å². The molecule has 2 heterocycles. The van der Waals surface area contributed by atoms with Crippen molar-refractivity contribution in [3.05, 3.63) is 36.7 Å². The molecular weight excluding hydrogens is 450 g/mol. The average molecular weight is 461 g/mol. The lowest BCUT2D eigenvalue weighted by atomic mass is 10.2. The molecule has 1 aliphatic heterocycles. The Morgan fingerprint density at radius 2 is 2.40 bits per heavy atom. The van der Waals surface area contributed by atoms with Crippen molar-refractivity contribution < 1.29 is 14.2 Å². The Morgan fingerprint density at radius 3 is 2.95 bits per heavy atom. The van der Waals surface area contributed by atoms with Crippen LogP contribution in [0.25, 0.3) is 4.48 Å². The van der Waals surface area contributed by atoms with Gasteiger partial charge < -0.3 is 9.84 Å². The zero-order valence-electron chi connectivity index (χ0n) is 10.1. The molecule has 1 fully saturated rings. The smallest absolute Gasteiger partial charge is 0.330 e. The monoisotopic (exact) mass is 460 g/mol. The summed E-state index contributed by atoms with van der Waals surface area (Å²) < 4.78 is 22.1. The third-order valence-corrected chi connectivity index (χ3v) is 5.11. The predicted molar refractivity (Wildman–Crippen MR) is 82.8 cm³/mol. The highest BCUT2D eigenvalue weighted by Crippen LogP contribution is 2.30. The molecule has 20 heavy (non-hydrogen) atoms. The van der Waals surface area contributed by atoms with Gasteiger partial charge in [0.15, 0.2) is 0 Å². The summed E-state index contributed by atoms with van der Waals surface area (Å²) >= 11 is 5.15. The number of aromatic amines is 1. The number of nitrogens with one attached hydrogen (secondary N) is 1. The van der Waals surface area contributed by atoms with Gasteiger partial charge in [-0.25, -0.2) is 9.18 Å². The molecule has 1 aromatic rings. The lowest BCUT2D eigenvalue weighted by Gasteiger charge is -2.15. The van der Waals surface area contributed by atoms with E-state index >= 15 is 0 Å². The van der Waals surface area contributed by atoms with E-state index in [-0.39, 0.29) is 12.0 Å². The van der Waals surface area contributed by atoms with Gasteiger partial charge in [0.05, 0.1) is 12.2 Å². The Balaban J connectivity index is 2.43. The van der Waals surface area contributed by atoms with E-state index in [2.05, 4.69) is 20.9 Å². The minimum atomic E-state index is -1.35. The summed E-state index contributed by atoms with van der Waals surface area (Å²) in [5, 5.41) is 8.97. The van der Waals surface area contributed by atoms with Gasteiger partial charge in [-0.05, 0) is 20.0 Å². The second kappa shape index (κ2) is 6.50. The quantitative estimate of drug-likeness (QED) is 0.665. The lowest BCUT2D eigenvalue weighted by Crippen LogP contribution is -2.33. The van der Waals surface area contributed by atoms with Gasteiger partial charge in [-0.3, -0.25) is 14.3 Å². The predicted octanol–water partition coefficient (Wildman–Crippen LogP) is 1.28. The Hall–Kier alpha value is -0.520. The van der Waals surface area contributed by atoms with Crippen molar-refractivity contribution >= 4 is 43.0 Å². The van der Waals surface area contributed by atoms with Crippen LogP contribution in [0, 0.1) is 0 Å². The van der Waals surface area contributed by atoms with Gasteiger partial charge in [0.1, 0.15) is 18.5 Å². The number of hydrogen-bond acceptors (Lipinski definition) is 4. The van der Waals surface area contributed by atoms with E-state index < -0.39 is 36.4 Å². The summed E-state index contributed by atoms with van der Waals surface area (Å²) in [6, 6.07) is 0. The number of hydrogen-bond donors (Lipinski definition) is 2. The molecule has 9 heteroatoms. The summed E-state index contributed by atoms with van der Waals surface area (Å²) in [6.45, 7) is -0.458. The lowest BCUT2D eigenvalue weighted by molar-refractivity contribution is -0.0356. The molecule has 1 aromatic heterocycles. The standard InChI is InChI=1S/C11H11BrFIN2O4/c12-6(2-14)5-3-16(11(19)15-10(5)18)9-1-7(13)8(4-17)20-9/h2-3,7-9,17H,1,4H2,(H,15,18,19)/b6-2-/t7-,8+,9+/m0/s1. The normalized spacial score (nSPS) is 27.0. The van der Waals surface area contributed by atoms with Crippen molar-refractivity contribution in [3.8, 4) is 0 Å². The third kappa shape index (κ3) is 3.05. The van der Waals surface area contributed by atoms with Gasteiger partial charge in [-0.1, -0.05) is 22.6 Å². The van der Waals surface area contributed by atoms with Crippen LogP contribution in [0.5, 0.6) is 0 Å². The van der Waals surface area contributed by atoms with Crippen LogP contribution in [0.15, 0.2) is 19.9 Å². The van der Waals surface area contributed by atoms with Crippen LogP contribution >= 0.6 is 38.5 Å². The molecule has 0 spiro atoms. The SMILES string of the molecule is O=c1[nH]c(=O)n([C@H]2C[C@H](F)[C@@H](CO)O2)cc1/C(Br)=C/I. The molecule has 1 saturated heterocycles. The molecule has 2 N–H and O–H groups in total. The van der Waals surface area contributed by atoms with Crippen molar-refractivity contribution in [3.63, 3.8) is 0 Å². The van der Waals surface area contributed by atoms with Crippen LogP contribution in [0.4, 0.5) is 4.39 Å². The first kappa shape index (κ1) is 15.9. The Bertz CT molecular complexity index is 644. The number of nitrogens with zero attached hydrogens (tertiary/aromatic N) is 1. The number of ether oxygens (including phenoxy) is 1. The van der Waals surface area contributed by atoms with Gasteiger partial charge in [0.2, 0.25) is 0 Å². The molecule has 0 saturated carbocycles. The first-order valence-electron chi connectivity index (χ1n) is 5.70. The number of alkyl halides is 1. The first-order valence-corrected chi connectivity index (χ1v) is 7.74. The summed E-state index contributed by atoms with van der Waals surface area (Å²) in [4.78, 5) is 25.7. The van der Waals surface area contributed by atoms with Crippen LogP contribution in [-0.4, -0.2) is 33.5 Å². The molecule has 0 aliphatic carbocycles. The van der Waals surface area contributed by atoms with Gasteiger partial charge in [-0.2, -0.15) is 0 Å². The summed E-state index contributed by atoms with van der Waals surface area (Å²) in [5.74, 6) is 0. The van der Waals surface area contributed by atoms with E-state index in [1.807, 2.05) is 22.6 Å². The van der Waals surface area contributed by atoms with Crippen LogP contribution in [0.1, 0.15) is 18.2 Å². The fraction of sp³-hybridized carbons (Fsp3) is 0.455. The third-order valence-electron chi connectivity index (χ3n) is 2.97. The van der Waals surface area contributed by atoms with Crippen LogP contribution in [0.3, 0.4) is 0 Å². The van der Waals surface area contributed by atoms with Crippen LogP contribution in [-0.2, 0) is 4.74 Å². The number of halogens is 3. The van der Waals surface area contributed by atoms with E-state index in [9.17, 15) is 14.0 Å². The number of aliphatic hydroxyl groups excluding tert-OH is 1. The maximum Gasteiger partial charge on any atom is 0.330 e. The molecular formula is C11H11BrFIN2O4. The topological polar surface area (TPSA) is 84.3 Å². The second-order valence-corrected chi connectivity index (χ2v) is 5.71. The van der Waals surface area contributed by atoms with Gasteiger partial charge in [-0.15, -0.1) is 0 Å². The van der Waals surface area contributed by atoms with Crippen molar-refractivity contribution in [2.45, 2.75) is 24.9 Å². The van der Waals surface area contributed by atoms with E-state index in [0.717, 1.165) is 4.57 Å². The van der Waals surface area contributed by atoms with Crippen molar-refractivity contribution in [1.29, 1.82) is 0 Å². The molecule has 6 nitrogen and oxygen atoms in total. The number of H-pyrrole nitrogens is 1. The molecule has 110 valence electrons. The Labute approximate surface area is 134 Å². The zero-order chi connectivity index (χ0) is 14.9. The summed E-state index contributed by atoms with van der Waals surface area (Å²) in [7, 11) is 0. The molecule has 0 radical (unpaired) electrons. The highest BCUT2D eigenvalue weighted by Gasteiger charge is 2.36. The summed E-state index contributed by atoms with van der Waals surface area (Å²) in [6.07, 6.45) is -1.89. The number of aliphatic hydroxyl groups is 1. The van der Waals surface area contributed by atoms with Crippen molar-refractivity contribution in [2.75, 3.05) is 6.61 Å². The van der Waals surface area contributed by atoms with Gasteiger partial charge in [0.25, 0.3) is 5.56 Å². The Morgan fingerprint density at radius 1 is 1.70 bits per heavy atom. The fourth-order valence-corrected chi connectivity index (χ4v) is 2.57. The van der Waals surface area contributed by atoms with Crippen molar-refractivity contribution in [1.82, 2.24) is 9.55 Å². The minimum Gasteiger partial charge on any atom is -0.394 e. The fourth-order valence-electron chi connectivity index (χ4n) is 1.95. The minimum absolute atomic E-state index is 0.0534. The van der Waals surface area contributed by atoms with Crippen LogP contribution < -0.4 is 11.2 Å². The maximum atomic E-state index is 13.6. The molecule has 1 aliphatic rings. The maximum absolute atomic E-state index is 13.6. The van der Waals surface area contributed by atoms with E-state index in [0.29, 0.717) is 4.48 Å². The molecule has 2 rings (SSSR count). The van der Waals surface area contributed by atoms with Crippen molar-refractivity contribution in [2.24, 2.45) is 0 Å². The highest BCUT2D eigenvalue weighted by molar-refractivity contribution is 14.1. The largest absolute Gasteiger partial charge is 0.394 e. The second-order valence-electron chi connectivity index (χ2n) is 4.23. The zero-order valence-corrected chi connectivity index (χ0v) is 13.8. The van der Waals surface area contributed by atoms with E-state index in [1.54, 1.807) is 4.08 Å². The Kier molecular flexibility index (Phi) is 5.15. The summed E-state index contributed by atoms with van der Waals surface area (Å²) in [5.41, 5.74) is -0.978. The molecule has 0 amide bonds. The molecule has 0 unspecified atom stereocenters. The number of rotatable bonds is 3. The molecule has 3 atom stereocenters. The molecule has 0 bridgehead atoms. The average Bonchev–Trinajstić information content (AvgIpc) is 2.79. The van der Waals surface area contributed by atoms with Crippen LogP contribution in [0.2, 0.25) is 0 Å². The van der Waals surface area contributed by atoms with Gasteiger partial charge in [0, 0.05) is 17.1 Å². The molecule has 0 aromatic carbocycles. The first-order chi connectivity index (χ1) is 9.47. The van der Waals surface area contributed by atoms with E-state index in [1.165, 1.54) is 6.20 Å². The van der Waals surface area contributed by atoms with Gasteiger partial charge >= 0.3 is 5.69 Å². The number of aromatic nitrogens is 2. The highest BCUT2D eigenvalue weighted by atomic mass is 127.